The van der Waals surface area contributed by atoms with E-state index in [0.717, 1.165) is 6.07 Å². The molecule has 0 spiro atoms. The summed E-state index contributed by atoms with van der Waals surface area (Å²) in [5.74, 6) is -0.827. The van der Waals surface area contributed by atoms with Crippen LogP contribution in [0.15, 0.2) is 18.2 Å². The Kier molecular flexibility index (Phi) is 5.58. The molecule has 0 aromatic heterocycles. The van der Waals surface area contributed by atoms with Crippen molar-refractivity contribution in [3.05, 3.63) is 29.6 Å². The minimum atomic E-state index is -0.571. The molecule has 0 aliphatic carbocycles. The smallest absolute Gasteiger partial charge is 0.251 e. The molecule has 5 heteroatoms. The largest absolute Gasteiger partial charge is 0.494 e. The van der Waals surface area contributed by atoms with Crippen LogP contribution in [0.3, 0.4) is 0 Å². The lowest BCUT2D eigenvalue weighted by atomic mass is 10.1. The first kappa shape index (κ1) is 14.4. The maximum absolute atomic E-state index is 13.4. The summed E-state index contributed by atoms with van der Waals surface area (Å²) >= 11 is 0. The van der Waals surface area contributed by atoms with Gasteiger partial charge >= 0.3 is 0 Å². The number of methoxy groups -OCH3 is 1. The molecule has 0 heterocycles. The van der Waals surface area contributed by atoms with Crippen LogP contribution in [0.2, 0.25) is 0 Å². The lowest BCUT2D eigenvalue weighted by Crippen LogP contribution is -2.27. The first-order chi connectivity index (χ1) is 8.58. The van der Waals surface area contributed by atoms with Gasteiger partial charge in [-0.3, -0.25) is 4.79 Å². The minimum Gasteiger partial charge on any atom is -0.494 e. The van der Waals surface area contributed by atoms with Gasteiger partial charge in [0.1, 0.15) is 0 Å². The van der Waals surface area contributed by atoms with Crippen LogP contribution in [0, 0.1) is 5.82 Å². The number of benzene rings is 1. The lowest BCUT2D eigenvalue weighted by molar-refractivity contribution is 0.0941. The van der Waals surface area contributed by atoms with Crippen molar-refractivity contribution in [2.24, 2.45) is 0 Å². The highest BCUT2D eigenvalue weighted by Gasteiger charge is 2.10. The van der Waals surface area contributed by atoms with Crippen LogP contribution in [-0.2, 0) is 0 Å². The molecule has 100 valence electrons. The summed E-state index contributed by atoms with van der Waals surface area (Å²) in [7, 11) is 1.37. The lowest BCUT2D eigenvalue weighted by Gasteiger charge is -2.09. The Hall–Kier alpha value is -1.62. The normalized spacial score (nSPS) is 12.0. The van der Waals surface area contributed by atoms with Gasteiger partial charge < -0.3 is 15.2 Å². The molecule has 1 unspecified atom stereocenters. The van der Waals surface area contributed by atoms with E-state index in [1.807, 2.05) is 6.92 Å². The molecule has 0 saturated heterocycles. The number of carbonyl (C=O) groups excluding carboxylic acids is 1. The number of nitrogens with one attached hydrogen (secondary N) is 1. The van der Waals surface area contributed by atoms with E-state index in [2.05, 4.69) is 5.32 Å². The number of amides is 1. The molecule has 1 amide bonds. The highest BCUT2D eigenvalue weighted by Crippen LogP contribution is 2.17. The predicted molar refractivity (Wildman–Crippen MR) is 66.2 cm³/mol. The average Bonchev–Trinajstić information content (AvgIpc) is 2.38. The fourth-order valence-corrected chi connectivity index (χ4v) is 1.47. The van der Waals surface area contributed by atoms with Crippen molar-refractivity contribution in [2.75, 3.05) is 13.7 Å². The number of rotatable bonds is 6. The number of halogens is 1. The zero-order valence-corrected chi connectivity index (χ0v) is 10.6. The molecule has 0 radical (unpaired) electrons. The van der Waals surface area contributed by atoms with Crippen molar-refractivity contribution in [2.45, 2.75) is 25.9 Å². The third-order valence-corrected chi connectivity index (χ3v) is 2.65. The SMILES string of the molecule is CCC(O)CCNC(=O)c1ccc(OC)c(F)c1. The van der Waals surface area contributed by atoms with Gasteiger partial charge in [-0.25, -0.2) is 4.39 Å². The van der Waals surface area contributed by atoms with E-state index in [0.29, 0.717) is 19.4 Å². The summed E-state index contributed by atoms with van der Waals surface area (Å²) in [4.78, 5) is 11.7. The Morgan fingerprint density at radius 1 is 1.56 bits per heavy atom. The average molecular weight is 255 g/mol. The topological polar surface area (TPSA) is 58.6 Å². The first-order valence-corrected chi connectivity index (χ1v) is 5.88. The zero-order chi connectivity index (χ0) is 13.5. The van der Waals surface area contributed by atoms with E-state index in [-0.39, 0.29) is 17.2 Å². The maximum Gasteiger partial charge on any atom is 0.251 e. The van der Waals surface area contributed by atoms with Gasteiger partial charge in [-0.15, -0.1) is 0 Å². The molecule has 1 atom stereocenters. The van der Waals surface area contributed by atoms with Crippen LogP contribution in [-0.4, -0.2) is 30.8 Å². The zero-order valence-electron chi connectivity index (χ0n) is 10.6. The highest BCUT2D eigenvalue weighted by atomic mass is 19.1. The molecule has 0 aliphatic rings. The van der Waals surface area contributed by atoms with E-state index in [1.54, 1.807) is 0 Å². The second-order valence-electron chi connectivity index (χ2n) is 3.96. The fraction of sp³-hybridized carbons (Fsp3) is 0.462. The van der Waals surface area contributed by atoms with Crippen LogP contribution in [0.5, 0.6) is 5.75 Å². The number of ether oxygens (including phenoxy) is 1. The van der Waals surface area contributed by atoms with Crippen LogP contribution >= 0.6 is 0 Å². The van der Waals surface area contributed by atoms with Crippen molar-refractivity contribution < 1.29 is 19.0 Å². The third kappa shape index (κ3) is 4.00. The maximum atomic E-state index is 13.4. The number of aliphatic hydroxyl groups is 1. The van der Waals surface area contributed by atoms with Gasteiger partial charge in [0.25, 0.3) is 5.91 Å². The van der Waals surface area contributed by atoms with Crippen LogP contribution < -0.4 is 10.1 Å². The predicted octanol–water partition coefficient (Wildman–Crippen LogP) is 1.73. The molecule has 1 aromatic rings. The first-order valence-electron chi connectivity index (χ1n) is 5.88. The third-order valence-electron chi connectivity index (χ3n) is 2.65. The van der Waals surface area contributed by atoms with Crippen LogP contribution in [0.25, 0.3) is 0 Å². The molecule has 1 aromatic carbocycles. The van der Waals surface area contributed by atoms with Crippen molar-refractivity contribution in [3.63, 3.8) is 0 Å². The van der Waals surface area contributed by atoms with Gasteiger partial charge in [0, 0.05) is 12.1 Å². The molecular formula is C13H18FNO3. The van der Waals surface area contributed by atoms with Gasteiger partial charge in [0.05, 0.1) is 13.2 Å². The Bertz CT molecular complexity index is 409. The van der Waals surface area contributed by atoms with E-state index >= 15 is 0 Å². The molecular weight excluding hydrogens is 237 g/mol. The quantitative estimate of drug-likeness (QED) is 0.813. The van der Waals surface area contributed by atoms with Crippen LogP contribution in [0.1, 0.15) is 30.1 Å². The highest BCUT2D eigenvalue weighted by molar-refractivity contribution is 5.94. The van der Waals surface area contributed by atoms with Gasteiger partial charge in [0.15, 0.2) is 11.6 Å². The van der Waals surface area contributed by atoms with Crippen molar-refractivity contribution in [1.82, 2.24) is 5.32 Å². The van der Waals surface area contributed by atoms with Crippen molar-refractivity contribution in [1.29, 1.82) is 0 Å². The Balaban J connectivity index is 2.54. The molecule has 2 N–H and O–H groups in total. The molecule has 0 fully saturated rings. The summed E-state index contributed by atoms with van der Waals surface area (Å²) in [6.45, 7) is 2.23. The Morgan fingerprint density at radius 3 is 2.83 bits per heavy atom. The minimum absolute atomic E-state index is 0.105. The Labute approximate surface area is 106 Å². The number of aliphatic hydroxyl groups excluding tert-OH is 1. The van der Waals surface area contributed by atoms with E-state index in [1.165, 1.54) is 19.2 Å². The molecule has 4 nitrogen and oxygen atoms in total. The summed E-state index contributed by atoms with van der Waals surface area (Å²) in [5.41, 5.74) is 0.235. The van der Waals surface area contributed by atoms with Crippen molar-refractivity contribution in [3.8, 4) is 5.75 Å². The second kappa shape index (κ2) is 6.96. The fourth-order valence-electron chi connectivity index (χ4n) is 1.47. The standard InChI is InChI=1S/C13H18FNO3/c1-3-10(16)6-7-15-13(17)9-4-5-12(18-2)11(14)8-9/h4-5,8,10,16H,3,6-7H2,1-2H3,(H,15,17). The molecule has 1 rings (SSSR count). The molecule has 18 heavy (non-hydrogen) atoms. The van der Waals surface area contributed by atoms with Gasteiger partial charge in [-0.05, 0) is 31.0 Å². The van der Waals surface area contributed by atoms with Crippen LogP contribution in [0.4, 0.5) is 4.39 Å². The number of carbonyl (C=O) groups is 1. The molecule has 0 saturated carbocycles. The van der Waals surface area contributed by atoms with Crippen molar-refractivity contribution >= 4 is 5.91 Å². The number of hydrogen-bond donors (Lipinski definition) is 2. The summed E-state index contributed by atoms with van der Waals surface area (Å²) in [6.07, 6.45) is 0.714. The monoisotopic (exact) mass is 255 g/mol. The molecule has 0 aliphatic heterocycles. The van der Waals surface area contributed by atoms with Gasteiger partial charge in [-0.2, -0.15) is 0 Å². The number of hydrogen-bond acceptors (Lipinski definition) is 3. The summed E-state index contributed by atoms with van der Waals surface area (Å²) in [6, 6.07) is 4.03. The molecule has 0 bridgehead atoms. The van der Waals surface area contributed by atoms with E-state index in [4.69, 9.17) is 4.74 Å². The van der Waals surface area contributed by atoms with E-state index < -0.39 is 11.9 Å². The second-order valence-corrected chi connectivity index (χ2v) is 3.96. The Morgan fingerprint density at radius 2 is 2.28 bits per heavy atom. The summed E-state index contributed by atoms with van der Waals surface area (Å²) < 4.78 is 18.1. The van der Waals surface area contributed by atoms with E-state index in [9.17, 15) is 14.3 Å². The summed E-state index contributed by atoms with van der Waals surface area (Å²) in [5, 5.41) is 11.9. The van der Waals surface area contributed by atoms with Gasteiger partial charge in [-0.1, -0.05) is 6.92 Å². The van der Waals surface area contributed by atoms with Gasteiger partial charge in [0.2, 0.25) is 0 Å².